The Labute approximate surface area is 157 Å². The molecule has 2 aromatic rings. The zero-order valence-corrected chi connectivity index (χ0v) is 15.1. The molecule has 7 nitrogen and oxygen atoms in total. The Kier molecular flexibility index (Phi) is 5.71. The quantitative estimate of drug-likeness (QED) is 0.777. The predicted molar refractivity (Wildman–Crippen MR) is 104 cm³/mol. The SMILES string of the molecule is CNC(=O)[C@@H]1CCCN1C(=O)Nc1ccc(C(=O)Nc2ccccc2)cc1. The van der Waals surface area contributed by atoms with Crippen molar-refractivity contribution in [3.63, 3.8) is 0 Å². The number of urea groups is 1. The van der Waals surface area contributed by atoms with Gasteiger partial charge in [0.15, 0.2) is 0 Å². The number of amides is 4. The third-order valence-electron chi connectivity index (χ3n) is 4.49. The van der Waals surface area contributed by atoms with Crippen LogP contribution < -0.4 is 16.0 Å². The van der Waals surface area contributed by atoms with Gasteiger partial charge in [-0.15, -0.1) is 0 Å². The molecule has 140 valence electrons. The lowest BCUT2D eigenvalue weighted by atomic mass is 10.2. The summed E-state index contributed by atoms with van der Waals surface area (Å²) < 4.78 is 0. The van der Waals surface area contributed by atoms with E-state index in [1.54, 1.807) is 31.3 Å². The van der Waals surface area contributed by atoms with Gasteiger partial charge < -0.3 is 20.9 Å². The lowest BCUT2D eigenvalue weighted by Gasteiger charge is -2.23. The van der Waals surface area contributed by atoms with Crippen LogP contribution >= 0.6 is 0 Å². The summed E-state index contributed by atoms with van der Waals surface area (Å²) in [5.74, 6) is -0.381. The predicted octanol–water partition coefficient (Wildman–Crippen LogP) is 2.68. The van der Waals surface area contributed by atoms with Crippen molar-refractivity contribution in [3.8, 4) is 0 Å². The van der Waals surface area contributed by atoms with Gasteiger partial charge in [-0.2, -0.15) is 0 Å². The summed E-state index contributed by atoms with van der Waals surface area (Å²) in [4.78, 5) is 38.1. The van der Waals surface area contributed by atoms with E-state index >= 15 is 0 Å². The Morgan fingerprint density at radius 2 is 1.59 bits per heavy atom. The molecule has 3 rings (SSSR count). The topological polar surface area (TPSA) is 90.5 Å². The first-order valence-corrected chi connectivity index (χ1v) is 8.84. The number of carbonyl (C=O) groups is 3. The van der Waals surface area contributed by atoms with Gasteiger partial charge in [0.25, 0.3) is 5.91 Å². The number of likely N-dealkylation sites (N-methyl/N-ethyl adjacent to an activating group) is 1. The number of hydrogen-bond acceptors (Lipinski definition) is 3. The van der Waals surface area contributed by atoms with Crippen LogP contribution in [-0.4, -0.2) is 42.4 Å². The monoisotopic (exact) mass is 366 g/mol. The van der Waals surface area contributed by atoms with Crippen molar-refractivity contribution in [1.82, 2.24) is 10.2 Å². The molecule has 0 aliphatic carbocycles. The van der Waals surface area contributed by atoms with Crippen LogP contribution in [0.25, 0.3) is 0 Å². The molecule has 0 aromatic heterocycles. The molecule has 1 heterocycles. The van der Waals surface area contributed by atoms with E-state index in [9.17, 15) is 14.4 Å². The molecule has 1 aliphatic rings. The average molecular weight is 366 g/mol. The van der Waals surface area contributed by atoms with Crippen LogP contribution in [0.15, 0.2) is 54.6 Å². The normalized spacial score (nSPS) is 15.9. The van der Waals surface area contributed by atoms with Crippen LogP contribution in [0.1, 0.15) is 23.2 Å². The minimum Gasteiger partial charge on any atom is -0.357 e. The van der Waals surface area contributed by atoms with Crippen LogP contribution in [0.4, 0.5) is 16.2 Å². The van der Waals surface area contributed by atoms with Gasteiger partial charge in [-0.1, -0.05) is 18.2 Å². The van der Waals surface area contributed by atoms with Crippen molar-refractivity contribution in [1.29, 1.82) is 0 Å². The molecule has 0 radical (unpaired) electrons. The molecule has 0 unspecified atom stereocenters. The highest BCUT2D eigenvalue weighted by Gasteiger charge is 2.33. The Hall–Kier alpha value is -3.35. The smallest absolute Gasteiger partial charge is 0.322 e. The zero-order chi connectivity index (χ0) is 19.2. The van der Waals surface area contributed by atoms with Crippen molar-refractivity contribution in [2.24, 2.45) is 0 Å². The molecular formula is C20H22N4O3. The fourth-order valence-electron chi connectivity index (χ4n) is 3.07. The van der Waals surface area contributed by atoms with E-state index in [1.807, 2.05) is 30.3 Å². The van der Waals surface area contributed by atoms with Crippen molar-refractivity contribution in [2.75, 3.05) is 24.2 Å². The molecule has 2 aromatic carbocycles. The summed E-state index contributed by atoms with van der Waals surface area (Å²) in [6.45, 7) is 0.543. The van der Waals surface area contributed by atoms with E-state index in [2.05, 4.69) is 16.0 Å². The first kappa shape index (κ1) is 18.4. The van der Waals surface area contributed by atoms with Gasteiger partial charge in [0.1, 0.15) is 6.04 Å². The van der Waals surface area contributed by atoms with Crippen molar-refractivity contribution >= 4 is 29.2 Å². The molecule has 7 heteroatoms. The molecule has 0 saturated carbocycles. The molecular weight excluding hydrogens is 344 g/mol. The molecule has 0 bridgehead atoms. The highest BCUT2D eigenvalue weighted by atomic mass is 16.2. The third-order valence-corrected chi connectivity index (χ3v) is 4.49. The second kappa shape index (κ2) is 8.35. The highest BCUT2D eigenvalue weighted by molar-refractivity contribution is 6.04. The van der Waals surface area contributed by atoms with E-state index in [4.69, 9.17) is 0 Å². The number of benzene rings is 2. The molecule has 1 saturated heterocycles. The largest absolute Gasteiger partial charge is 0.357 e. The number of para-hydroxylation sites is 1. The van der Waals surface area contributed by atoms with Gasteiger partial charge in [-0.25, -0.2) is 4.79 Å². The van der Waals surface area contributed by atoms with E-state index in [1.165, 1.54) is 4.90 Å². The first-order valence-electron chi connectivity index (χ1n) is 8.84. The number of likely N-dealkylation sites (tertiary alicyclic amines) is 1. The Morgan fingerprint density at radius 3 is 2.26 bits per heavy atom. The molecule has 3 N–H and O–H groups in total. The number of carbonyl (C=O) groups excluding carboxylic acids is 3. The second-order valence-electron chi connectivity index (χ2n) is 6.29. The van der Waals surface area contributed by atoms with E-state index in [0.717, 1.165) is 6.42 Å². The fourth-order valence-corrected chi connectivity index (χ4v) is 3.07. The Morgan fingerprint density at radius 1 is 0.926 bits per heavy atom. The van der Waals surface area contributed by atoms with E-state index in [0.29, 0.717) is 29.9 Å². The van der Waals surface area contributed by atoms with E-state index < -0.39 is 6.04 Å². The summed E-state index contributed by atoms with van der Waals surface area (Å²) in [7, 11) is 1.57. The maximum atomic E-state index is 12.5. The number of nitrogens with zero attached hydrogens (tertiary/aromatic N) is 1. The lowest BCUT2D eigenvalue weighted by Crippen LogP contribution is -2.46. The lowest BCUT2D eigenvalue weighted by molar-refractivity contribution is -0.124. The minimum atomic E-state index is -0.439. The van der Waals surface area contributed by atoms with E-state index in [-0.39, 0.29) is 17.8 Å². The van der Waals surface area contributed by atoms with Gasteiger partial charge in [0, 0.05) is 30.5 Å². The number of hydrogen-bond donors (Lipinski definition) is 3. The number of nitrogens with one attached hydrogen (secondary N) is 3. The van der Waals surface area contributed by atoms with Crippen LogP contribution in [0.3, 0.4) is 0 Å². The fraction of sp³-hybridized carbons (Fsp3) is 0.250. The van der Waals surface area contributed by atoms with Crippen LogP contribution in [0, 0.1) is 0 Å². The minimum absolute atomic E-state index is 0.157. The second-order valence-corrected chi connectivity index (χ2v) is 6.29. The summed E-state index contributed by atoms with van der Waals surface area (Å²) in [5.41, 5.74) is 1.77. The molecule has 1 fully saturated rings. The zero-order valence-electron chi connectivity index (χ0n) is 15.1. The van der Waals surface area contributed by atoms with Gasteiger partial charge in [0.2, 0.25) is 5.91 Å². The standard InChI is InChI=1S/C20H22N4O3/c1-21-19(26)17-8-5-13-24(17)20(27)23-16-11-9-14(10-12-16)18(25)22-15-6-3-2-4-7-15/h2-4,6-7,9-12,17H,5,8,13H2,1H3,(H,21,26)(H,22,25)(H,23,27)/t17-/m0/s1. The Balaban J connectivity index is 1.61. The van der Waals surface area contributed by atoms with Gasteiger partial charge in [-0.05, 0) is 49.2 Å². The van der Waals surface area contributed by atoms with Crippen LogP contribution in [-0.2, 0) is 4.79 Å². The van der Waals surface area contributed by atoms with Gasteiger partial charge in [0.05, 0.1) is 0 Å². The first-order chi connectivity index (χ1) is 13.1. The maximum Gasteiger partial charge on any atom is 0.322 e. The molecule has 1 aliphatic heterocycles. The Bertz CT molecular complexity index is 821. The molecule has 27 heavy (non-hydrogen) atoms. The summed E-state index contributed by atoms with van der Waals surface area (Å²) >= 11 is 0. The third kappa shape index (κ3) is 4.44. The van der Waals surface area contributed by atoms with Gasteiger partial charge >= 0.3 is 6.03 Å². The maximum absolute atomic E-state index is 12.5. The number of anilines is 2. The molecule has 0 spiro atoms. The highest BCUT2D eigenvalue weighted by Crippen LogP contribution is 2.19. The summed E-state index contributed by atoms with van der Waals surface area (Å²) in [5, 5.41) is 8.18. The van der Waals surface area contributed by atoms with Gasteiger partial charge in [-0.3, -0.25) is 9.59 Å². The molecule has 1 atom stereocenters. The summed E-state index contributed by atoms with van der Waals surface area (Å²) in [6.07, 6.45) is 1.45. The molecule has 4 amide bonds. The summed E-state index contributed by atoms with van der Waals surface area (Å²) in [6, 6.07) is 15.1. The van der Waals surface area contributed by atoms with Crippen molar-refractivity contribution in [2.45, 2.75) is 18.9 Å². The van der Waals surface area contributed by atoms with Crippen molar-refractivity contribution in [3.05, 3.63) is 60.2 Å². The van der Waals surface area contributed by atoms with Crippen LogP contribution in [0.5, 0.6) is 0 Å². The van der Waals surface area contributed by atoms with Crippen LogP contribution in [0.2, 0.25) is 0 Å². The average Bonchev–Trinajstić information content (AvgIpc) is 3.18. The number of rotatable bonds is 4. The van der Waals surface area contributed by atoms with Crippen molar-refractivity contribution < 1.29 is 14.4 Å².